The average Bonchev–Trinajstić information content (AvgIpc) is 3.11. The number of hydrogen-bond donors (Lipinski definition) is 0. The van der Waals surface area contributed by atoms with Gasteiger partial charge in [0.15, 0.2) is 0 Å². The molecule has 0 bridgehead atoms. The summed E-state index contributed by atoms with van der Waals surface area (Å²) in [4.78, 5) is 12.5. The highest BCUT2D eigenvalue weighted by molar-refractivity contribution is 5.57. The van der Waals surface area contributed by atoms with Crippen molar-refractivity contribution in [3.63, 3.8) is 0 Å². The van der Waals surface area contributed by atoms with E-state index < -0.39 is 0 Å². The van der Waals surface area contributed by atoms with E-state index in [0.29, 0.717) is 0 Å². The van der Waals surface area contributed by atoms with E-state index in [-0.39, 0.29) is 0 Å². The fourth-order valence-corrected chi connectivity index (χ4v) is 1.71. The zero-order valence-corrected chi connectivity index (χ0v) is 12.1. The van der Waals surface area contributed by atoms with Gasteiger partial charge in [0.25, 0.3) is 0 Å². The summed E-state index contributed by atoms with van der Waals surface area (Å²) in [6, 6.07) is 0. The molecule has 6 nitrogen and oxygen atoms in total. The molecule has 2 heterocycles. The summed E-state index contributed by atoms with van der Waals surface area (Å²) in [6.07, 6.45) is 3.79. The van der Waals surface area contributed by atoms with E-state index in [0.717, 1.165) is 59.1 Å². The molecule has 0 saturated heterocycles. The second kappa shape index (κ2) is 10.8. The molecule has 2 rings (SSSR count). The number of rotatable bonds is 7. The van der Waals surface area contributed by atoms with E-state index in [1.54, 1.807) is 7.11 Å². The van der Waals surface area contributed by atoms with Crippen LogP contribution in [-0.2, 0) is 9.47 Å². The zero-order valence-electron chi connectivity index (χ0n) is 12.1. The molecule has 0 aliphatic carbocycles. The fraction of sp³-hybridized carbons (Fsp3) is 0.846. The predicted molar refractivity (Wildman–Crippen MR) is 78.2 cm³/mol. The first kappa shape index (κ1) is 15.9. The van der Waals surface area contributed by atoms with Crippen molar-refractivity contribution in [3.8, 4) is 0 Å². The van der Waals surface area contributed by atoms with Crippen LogP contribution < -0.4 is 0 Å². The Morgan fingerprint density at radius 2 is 1.58 bits per heavy atom. The zero-order chi connectivity index (χ0) is 13.8. The first-order valence-electron chi connectivity index (χ1n) is 6.91. The summed E-state index contributed by atoms with van der Waals surface area (Å²) in [5.41, 5.74) is 0. The molecule has 19 heavy (non-hydrogen) atoms. The molecule has 0 spiro atoms. The number of nitrogens with zero attached hydrogens (tertiary/aromatic N) is 4. The van der Waals surface area contributed by atoms with Crippen LogP contribution in [0.3, 0.4) is 0 Å². The summed E-state index contributed by atoms with van der Waals surface area (Å²) in [5, 5.41) is 0. The van der Waals surface area contributed by atoms with Crippen molar-refractivity contribution in [2.75, 3.05) is 66.2 Å². The van der Waals surface area contributed by atoms with E-state index in [2.05, 4.69) is 19.8 Å². The van der Waals surface area contributed by atoms with Gasteiger partial charge in [-0.25, -0.2) is 0 Å². The first-order chi connectivity index (χ1) is 9.36. The third-order valence-corrected chi connectivity index (χ3v) is 2.83. The van der Waals surface area contributed by atoms with Crippen LogP contribution in [0, 0.1) is 0 Å². The Morgan fingerprint density at radius 3 is 2.00 bits per heavy atom. The highest BCUT2D eigenvalue weighted by atomic mass is 16.5. The number of aliphatic imine (C=N–C) groups is 2. The summed E-state index contributed by atoms with van der Waals surface area (Å²) in [7, 11) is 1.72. The molecule has 0 aromatic heterocycles. The number of methoxy groups -OCH3 is 1. The van der Waals surface area contributed by atoms with Gasteiger partial charge in [-0.15, -0.1) is 0 Å². The number of hydrogen-bond acceptors (Lipinski definition) is 6. The van der Waals surface area contributed by atoms with Crippen molar-refractivity contribution >= 4 is 12.7 Å². The molecule has 0 radical (unpaired) electrons. The van der Waals surface area contributed by atoms with Crippen molar-refractivity contribution in [2.24, 2.45) is 9.98 Å². The summed E-state index contributed by atoms with van der Waals surface area (Å²) < 4.78 is 10.1. The van der Waals surface area contributed by atoms with E-state index in [1.165, 1.54) is 0 Å². The van der Waals surface area contributed by atoms with E-state index in [9.17, 15) is 0 Å². The Hall–Kier alpha value is -1.14. The van der Waals surface area contributed by atoms with Crippen LogP contribution in [0.4, 0.5) is 0 Å². The molecule has 0 aromatic carbocycles. The van der Waals surface area contributed by atoms with Crippen molar-refractivity contribution in [3.05, 3.63) is 0 Å². The highest BCUT2D eigenvalue weighted by Crippen LogP contribution is 1.92. The van der Waals surface area contributed by atoms with E-state index in [4.69, 9.17) is 9.47 Å². The van der Waals surface area contributed by atoms with Gasteiger partial charge in [0.1, 0.15) is 0 Å². The Balaban J connectivity index is 0.000000191. The van der Waals surface area contributed by atoms with Crippen molar-refractivity contribution in [1.29, 1.82) is 0 Å². The summed E-state index contributed by atoms with van der Waals surface area (Å²) >= 11 is 0. The normalized spacial score (nSPS) is 16.9. The molecule has 0 N–H and O–H groups in total. The molecule has 110 valence electrons. The highest BCUT2D eigenvalue weighted by Gasteiger charge is 2.03. The Morgan fingerprint density at radius 1 is 1.00 bits per heavy atom. The van der Waals surface area contributed by atoms with Gasteiger partial charge in [-0.05, 0) is 6.92 Å². The van der Waals surface area contributed by atoms with E-state index >= 15 is 0 Å². The Bertz CT molecular complexity index is 271. The van der Waals surface area contributed by atoms with Crippen molar-refractivity contribution in [2.45, 2.75) is 6.92 Å². The Labute approximate surface area is 116 Å². The molecule has 0 saturated carbocycles. The minimum atomic E-state index is 0.798. The lowest BCUT2D eigenvalue weighted by Crippen LogP contribution is -2.24. The largest absolute Gasteiger partial charge is 0.383 e. The molecule has 0 unspecified atom stereocenters. The second-order valence-electron chi connectivity index (χ2n) is 4.30. The lowest BCUT2D eigenvalue weighted by Gasteiger charge is -2.12. The van der Waals surface area contributed by atoms with Crippen LogP contribution >= 0.6 is 0 Å². The van der Waals surface area contributed by atoms with Gasteiger partial charge in [0, 0.05) is 39.9 Å². The van der Waals surface area contributed by atoms with Crippen molar-refractivity contribution in [1.82, 2.24) is 9.80 Å². The van der Waals surface area contributed by atoms with Gasteiger partial charge < -0.3 is 19.3 Å². The van der Waals surface area contributed by atoms with Gasteiger partial charge >= 0.3 is 0 Å². The van der Waals surface area contributed by atoms with Gasteiger partial charge in [-0.1, -0.05) is 0 Å². The SMILES string of the molecule is CCOCCN1C=NCC1.COCCN1C=NCC1. The van der Waals surface area contributed by atoms with Crippen LogP contribution in [-0.4, -0.2) is 88.7 Å². The van der Waals surface area contributed by atoms with Gasteiger partial charge in [0.2, 0.25) is 0 Å². The molecule has 6 heteroatoms. The average molecular weight is 270 g/mol. The van der Waals surface area contributed by atoms with Crippen LogP contribution in [0.25, 0.3) is 0 Å². The molecular formula is C13H26N4O2. The molecule has 0 amide bonds. The summed E-state index contributed by atoms with van der Waals surface area (Å²) in [6.45, 7) is 10.4. The quantitative estimate of drug-likeness (QED) is 0.626. The summed E-state index contributed by atoms with van der Waals surface area (Å²) in [5.74, 6) is 0. The van der Waals surface area contributed by atoms with Crippen LogP contribution in [0.1, 0.15) is 6.92 Å². The fourth-order valence-electron chi connectivity index (χ4n) is 1.71. The number of ether oxygens (including phenoxy) is 2. The van der Waals surface area contributed by atoms with Gasteiger partial charge in [-0.3, -0.25) is 9.98 Å². The molecule has 0 fully saturated rings. The Kier molecular flexibility index (Phi) is 9.01. The third kappa shape index (κ3) is 7.79. The molecule has 0 atom stereocenters. The maximum Gasteiger partial charge on any atom is 0.0852 e. The lowest BCUT2D eigenvalue weighted by molar-refractivity contribution is 0.135. The molecule has 2 aliphatic heterocycles. The maximum atomic E-state index is 5.19. The molecule has 2 aliphatic rings. The van der Waals surface area contributed by atoms with Gasteiger partial charge in [-0.2, -0.15) is 0 Å². The molecule has 0 aromatic rings. The minimum Gasteiger partial charge on any atom is -0.383 e. The predicted octanol–water partition coefficient (Wildman–Crippen LogP) is 0.344. The van der Waals surface area contributed by atoms with Crippen LogP contribution in [0.2, 0.25) is 0 Å². The minimum absolute atomic E-state index is 0.798. The van der Waals surface area contributed by atoms with Crippen LogP contribution in [0.5, 0.6) is 0 Å². The topological polar surface area (TPSA) is 49.7 Å². The van der Waals surface area contributed by atoms with Crippen molar-refractivity contribution < 1.29 is 9.47 Å². The molecular weight excluding hydrogens is 244 g/mol. The van der Waals surface area contributed by atoms with E-state index in [1.807, 2.05) is 19.6 Å². The van der Waals surface area contributed by atoms with Gasteiger partial charge in [0.05, 0.1) is 39.0 Å². The lowest BCUT2D eigenvalue weighted by atomic mass is 10.5. The third-order valence-electron chi connectivity index (χ3n) is 2.83. The first-order valence-corrected chi connectivity index (χ1v) is 6.91. The standard InChI is InChI=1S/C7H14N2O.C6H12N2O/c1-2-10-6-5-9-4-3-8-7-9;1-9-5-4-8-3-2-7-6-8/h7H,2-6H2,1H3;6H,2-5H2,1H3. The van der Waals surface area contributed by atoms with Crippen LogP contribution in [0.15, 0.2) is 9.98 Å². The maximum absolute atomic E-state index is 5.19. The smallest absolute Gasteiger partial charge is 0.0852 e. The monoisotopic (exact) mass is 270 g/mol. The second-order valence-corrected chi connectivity index (χ2v) is 4.30.